The van der Waals surface area contributed by atoms with Crippen molar-refractivity contribution in [3.63, 3.8) is 0 Å². The van der Waals surface area contributed by atoms with Crippen LogP contribution in [0.2, 0.25) is 0 Å². The van der Waals surface area contributed by atoms with E-state index in [0.29, 0.717) is 0 Å². The summed E-state index contributed by atoms with van der Waals surface area (Å²) in [6.45, 7) is 5.90. The van der Waals surface area contributed by atoms with E-state index in [1.807, 2.05) is 0 Å². The average molecular weight is 212 g/mol. The Balaban J connectivity index is 1.76. The molecule has 2 rings (SSSR count). The van der Waals surface area contributed by atoms with Gasteiger partial charge in [0.25, 0.3) is 0 Å². The Bertz CT molecular complexity index is 204. The molecule has 3 atom stereocenters. The summed E-state index contributed by atoms with van der Waals surface area (Å²) in [5.41, 5.74) is -0.00718. The van der Waals surface area contributed by atoms with Crippen molar-refractivity contribution in [1.82, 2.24) is 10.6 Å². The zero-order valence-electron chi connectivity index (χ0n) is 9.76. The van der Waals surface area contributed by atoms with Gasteiger partial charge in [0.2, 0.25) is 0 Å². The molecule has 3 nitrogen and oxygen atoms in total. The lowest BCUT2D eigenvalue weighted by Gasteiger charge is -2.26. The third-order valence-corrected chi connectivity index (χ3v) is 3.97. The number of aliphatic hydroxyl groups is 1. The number of rotatable bonds is 3. The van der Waals surface area contributed by atoms with Gasteiger partial charge >= 0.3 is 0 Å². The fourth-order valence-electron chi connectivity index (χ4n) is 3.06. The molecular weight excluding hydrogens is 188 g/mol. The van der Waals surface area contributed by atoms with Crippen LogP contribution in [0, 0.1) is 11.8 Å². The largest absolute Gasteiger partial charge is 0.394 e. The van der Waals surface area contributed by atoms with Gasteiger partial charge in [-0.25, -0.2) is 0 Å². The molecule has 2 fully saturated rings. The molecule has 0 radical (unpaired) electrons. The standard InChI is InChI=1S/C12H24N2O/c1-12(9-15)6-11(8-14-12)5-10-3-2-4-13-7-10/h10-11,13-15H,2-9H2,1H3. The summed E-state index contributed by atoms with van der Waals surface area (Å²) in [4.78, 5) is 0. The number of piperidine rings is 1. The molecule has 3 N–H and O–H groups in total. The lowest BCUT2D eigenvalue weighted by atomic mass is 9.85. The van der Waals surface area contributed by atoms with Gasteiger partial charge in [0.1, 0.15) is 0 Å². The lowest BCUT2D eigenvalue weighted by molar-refractivity contribution is 0.186. The molecule has 0 bridgehead atoms. The van der Waals surface area contributed by atoms with Crippen molar-refractivity contribution in [2.75, 3.05) is 26.2 Å². The highest BCUT2D eigenvalue weighted by molar-refractivity contribution is 4.93. The van der Waals surface area contributed by atoms with Gasteiger partial charge < -0.3 is 15.7 Å². The molecular formula is C12H24N2O. The van der Waals surface area contributed by atoms with Crippen molar-refractivity contribution < 1.29 is 5.11 Å². The molecule has 0 aliphatic carbocycles. The van der Waals surface area contributed by atoms with Crippen LogP contribution in [0.25, 0.3) is 0 Å². The Labute approximate surface area is 92.6 Å². The van der Waals surface area contributed by atoms with Crippen molar-refractivity contribution in [2.24, 2.45) is 11.8 Å². The van der Waals surface area contributed by atoms with Crippen LogP contribution in [0.1, 0.15) is 32.6 Å². The first-order valence-corrected chi connectivity index (χ1v) is 6.28. The van der Waals surface area contributed by atoms with E-state index in [4.69, 9.17) is 0 Å². The third-order valence-electron chi connectivity index (χ3n) is 3.97. The first kappa shape index (κ1) is 11.4. The van der Waals surface area contributed by atoms with Crippen molar-refractivity contribution in [3.05, 3.63) is 0 Å². The molecule has 0 saturated carbocycles. The molecule has 2 heterocycles. The Kier molecular flexibility index (Phi) is 3.65. The Morgan fingerprint density at radius 3 is 2.80 bits per heavy atom. The van der Waals surface area contributed by atoms with E-state index in [0.717, 1.165) is 24.8 Å². The Hall–Kier alpha value is -0.120. The van der Waals surface area contributed by atoms with Crippen LogP contribution in [-0.4, -0.2) is 36.9 Å². The van der Waals surface area contributed by atoms with E-state index in [9.17, 15) is 5.11 Å². The second-order valence-electron chi connectivity index (χ2n) is 5.62. The van der Waals surface area contributed by atoms with Crippen molar-refractivity contribution in [2.45, 2.75) is 38.1 Å². The van der Waals surface area contributed by atoms with Gasteiger partial charge in [-0.1, -0.05) is 0 Å². The maximum atomic E-state index is 9.27. The minimum atomic E-state index is -0.00718. The van der Waals surface area contributed by atoms with Gasteiger partial charge in [-0.3, -0.25) is 0 Å². The summed E-state index contributed by atoms with van der Waals surface area (Å²) in [6, 6.07) is 0. The van der Waals surface area contributed by atoms with E-state index in [2.05, 4.69) is 17.6 Å². The molecule has 0 aromatic rings. The highest BCUT2D eigenvalue weighted by atomic mass is 16.3. The van der Waals surface area contributed by atoms with E-state index in [1.165, 1.54) is 32.4 Å². The van der Waals surface area contributed by atoms with Gasteiger partial charge in [0, 0.05) is 5.54 Å². The van der Waals surface area contributed by atoms with Crippen molar-refractivity contribution >= 4 is 0 Å². The molecule has 2 aliphatic rings. The molecule has 2 saturated heterocycles. The second-order valence-corrected chi connectivity index (χ2v) is 5.62. The quantitative estimate of drug-likeness (QED) is 0.646. The van der Waals surface area contributed by atoms with E-state index in [-0.39, 0.29) is 12.1 Å². The number of aliphatic hydroxyl groups excluding tert-OH is 1. The molecule has 0 aromatic heterocycles. The molecule has 88 valence electrons. The minimum absolute atomic E-state index is 0.00718. The van der Waals surface area contributed by atoms with Crippen LogP contribution in [0.15, 0.2) is 0 Å². The number of nitrogens with one attached hydrogen (secondary N) is 2. The summed E-state index contributed by atoms with van der Waals surface area (Å²) >= 11 is 0. The number of hydrogen-bond acceptors (Lipinski definition) is 3. The summed E-state index contributed by atoms with van der Waals surface area (Å²) in [6.07, 6.45) is 5.19. The molecule has 0 spiro atoms. The molecule has 0 aromatic carbocycles. The van der Waals surface area contributed by atoms with Gasteiger partial charge in [-0.15, -0.1) is 0 Å². The van der Waals surface area contributed by atoms with Gasteiger partial charge in [-0.05, 0) is 64.1 Å². The topological polar surface area (TPSA) is 44.3 Å². The van der Waals surface area contributed by atoms with Crippen molar-refractivity contribution in [3.8, 4) is 0 Å². The fraction of sp³-hybridized carbons (Fsp3) is 1.00. The monoisotopic (exact) mass is 212 g/mol. The average Bonchev–Trinajstić information content (AvgIpc) is 2.63. The van der Waals surface area contributed by atoms with Crippen LogP contribution < -0.4 is 10.6 Å². The van der Waals surface area contributed by atoms with Crippen LogP contribution in [0.4, 0.5) is 0 Å². The minimum Gasteiger partial charge on any atom is -0.394 e. The lowest BCUT2D eigenvalue weighted by Crippen LogP contribution is -2.39. The predicted octanol–water partition coefficient (Wildman–Crippen LogP) is 0.737. The Morgan fingerprint density at radius 2 is 2.20 bits per heavy atom. The van der Waals surface area contributed by atoms with E-state index >= 15 is 0 Å². The van der Waals surface area contributed by atoms with E-state index in [1.54, 1.807) is 0 Å². The Morgan fingerprint density at radius 1 is 1.33 bits per heavy atom. The predicted molar refractivity (Wildman–Crippen MR) is 61.8 cm³/mol. The third kappa shape index (κ3) is 2.92. The maximum absolute atomic E-state index is 9.27. The van der Waals surface area contributed by atoms with Gasteiger partial charge in [0.05, 0.1) is 6.61 Å². The summed E-state index contributed by atoms with van der Waals surface area (Å²) in [5, 5.41) is 16.2. The zero-order valence-corrected chi connectivity index (χ0v) is 9.76. The SMILES string of the molecule is CC1(CO)CC(CC2CCCNC2)CN1. The smallest absolute Gasteiger partial charge is 0.0610 e. The fourth-order valence-corrected chi connectivity index (χ4v) is 3.06. The summed E-state index contributed by atoms with van der Waals surface area (Å²) < 4.78 is 0. The normalized spacial score (nSPS) is 42.0. The highest BCUT2D eigenvalue weighted by Gasteiger charge is 2.34. The highest BCUT2D eigenvalue weighted by Crippen LogP contribution is 2.30. The summed E-state index contributed by atoms with van der Waals surface area (Å²) in [7, 11) is 0. The van der Waals surface area contributed by atoms with Crippen LogP contribution in [-0.2, 0) is 0 Å². The van der Waals surface area contributed by atoms with Crippen LogP contribution >= 0.6 is 0 Å². The van der Waals surface area contributed by atoms with Crippen LogP contribution in [0.5, 0.6) is 0 Å². The first-order valence-electron chi connectivity index (χ1n) is 6.28. The van der Waals surface area contributed by atoms with E-state index < -0.39 is 0 Å². The molecule has 3 unspecified atom stereocenters. The second kappa shape index (κ2) is 4.81. The molecule has 0 amide bonds. The van der Waals surface area contributed by atoms with Crippen molar-refractivity contribution in [1.29, 1.82) is 0 Å². The molecule has 3 heteroatoms. The maximum Gasteiger partial charge on any atom is 0.0610 e. The zero-order chi connectivity index (χ0) is 10.7. The first-order chi connectivity index (χ1) is 7.22. The molecule has 15 heavy (non-hydrogen) atoms. The molecule has 2 aliphatic heterocycles. The number of hydrogen-bond donors (Lipinski definition) is 3. The summed E-state index contributed by atoms with van der Waals surface area (Å²) in [5.74, 6) is 1.64. The van der Waals surface area contributed by atoms with Crippen LogP contribution in [0.3, 0.4) is 0 Å². The van der Waals surface area contributed by atoms with Gasteiger partial charge in [-0.2, -0.15) is 0 Å². The van der Waals surface area contributed by atoms with Gasteiger partial charge in [0.15, 0.2) is 0 Å².